The zero-order chi connectivity index (χ0) is 22.9. The zero-order valence-electron chi connectivity index (χ0n) is 18.7. The lowest BCUT2D eigenvalue weighted by atomic mass is 10.0. The molecule has 0 radical (unpaired) electrons. The van der Waals surface area contributed by atoms with Crippen LogP contribution in [0.15, 0.2) is 55.0 Å². The van der Waals surface area contributed by atoms with Crippen molar-refractivity contribution in [2.24, 2.45) is 0 Å². The van der Waals surface area contributed by atoms with Crippen molar-refractivity contribution in [3.63, 3.8) is 0 Å². The van der Waals surface area contributed by atoms with Crippen molar-refractivity contribution in [2.75, 3.05) is 54.5 Å². The third kappa shape index (κ3) is 3.94. The lowest BCUT2D eigenvalue weighted by Gasteiger charge is -2.32. The molecule has 0 atom stereocenters. The van der Waals surface area contributed by atoms with Crippen molar-refractivity contribution in [1.82, 2.24) is 20.2 Å². The van der Waals surface area contributed by atoms with Gasteiger partial charge in [0.05, 0.1) is 30.6 Å². The van der Waals surface area contributed by atoms with Gasteiger partial charge in [0.25, 0.3) is 5.91 Å². The molecule has 3 aromatic heterocycles. The fourth-order valence-corrected chi connectivity index (χ4v) is 4.35. The van der Waals surface area contributed by atoms with Gasteiger partial charge in [0.2, 0.25) is 0 Å². The molecule has 0 aliphatic carbocycles. The SMILES string of the molecule is O=C(Nc1ccnc(N2CCC2)c1)c1n[nH]c2ccc(-c3cncc(N4CCOCC4)c3)cc12. The molecule has 1 aromatic carbocycles. The van der Waals surface area contributed by atoms with E-state index in [1.807, 2.05) is 36.7 Å². The summed E-state index contributed by atoms with van der Waals surface area (Å²) in [5.41, 5.74) is 4.92. The Bertz CT molecular complexity index is 1340. The number of benzene rings is 1. The summed E-state index contributed by atoms with van der Waals surface area (Å²) in [6.45, 7) is 5.15. The summed E-state index contributed by atoms with van der Waals surface area (Å²) in [5, 5.41) is 11.0. The van der Waals surface area contributed by atoms with Crippen LogP contribution in [-0.2, 0) is 4.74 Å². The van der Waals surface area contributed by atoms with Crippen molar-refractivity contribution in [3.05, 3.63) is 60.7 Å². The molecule has 0 bridgehead atoms. The Morgan fingerprint density at radius 3 is 2.68 bits per heavy atom. The van der Waals surface area contributed by atoms with E-state index in [1.54, 1.807) is 12.3 Å². The highest BCUT2D eigenvalue weighted by Gasteiger charge is 2.19. The number of pyridine rings is 2. The van der Waals surface area contributed by atoms with E-state index in [0.717, 1.165) is 72.9 Å². The number of rotatable bonds is 5. The molecule has 9 nitrogen and oxygen atoms in total. The second-order valence-corrected chi connectivity index (χ2v) is 8.56. The zero-order valence-corrected chi connectivity index (χ0v) is 18.7. The van der Waals surface area contributed by atoms with E-state index in [9.17, 15) is 4.79 Å². The molecular weight excluding hydrogens is 430 g/mol. The standard InChI is InChI=1S/C25H25N7O2/c33-25(28-19-4-5-27-23(14-19)32-6-1-7-32)24-21-13-17(2-3-22(21)29-30-24)18-12-20(16-26-15-18)31-8-10-34-11-9-31/h2-5,12-16H,1,6-11H2,(H,29,30)(H,27,28,33). The molecule has 2 N–H and O–H groups in total. The normalized spacial score (nSPS) is 15.9. The maximum absolute atomic E-state index is 13.1. The average molecular weight is 456 g/mol. The number of H-pyrrole nitrogens is 1. The van der Waals surface area contributed by atoms with Gasteiger partial charge in [-0.15, -0.1) is 0 Å². The Balaban J connectivity index is 1.27. The summed E-state index contributed by atoms with van der Waals surface area (Å²) >= 11 is 0. The summed E-state index contributed by atoms with van der Waals surface area (Å²) in [7, 11) is 0. The summed E-state index contributed by atoms with van der Waals surface area (Å²) < 4.78 is 5.46. The van der Waals surface area contributed by atoms with Crippen LogP contribution in [0.2, 0.25) is 0 Å². The number of morpholine rings is 1. The molecule has 0 spiro atoms. The molecule has 2 saturated heterocycles. The first-order valence-corrected chi connectivity index (χ1v) is 11.5. The third-order valence-electron chi connectivity index (χ3n) is 6.39. The number of amides is 1. The average Bonchev–Trinajstić information content (AvgIpc) is 3.27. The summed E-state index contributed by atoms with van der Waals surface area (Å²) in [4.78, 5) is 26.4. The Kier molecular flexibility index (Phi) is 5.31. The number of aromatic amines is 1. The van der Waals surface area contributed by atoms with Crippen molar-refractivity contribution in [2.45, 2.75) is 6.42 Å². The molecular formula is C25H25N7O2. The van der Waals surface area contributed by atoms with E-state index in [2.05, 4.69) is 41.3 Å². The summed E-state index contributed by atoms with van der Waals surface area (Å²) in [5.74, 6) is 0.621. The maximum atomic E-state index is 13.1. The second kappa shape index (κ2) is 8.75. The Hall–Kier alpha value is -3.98. The lowest BCUT2D eigenvalue weighted by molar-refractivity contribution is 0.102. The van der Waals surface area contributed by atoms with Gasteiger partial charge in [-0.05, 0) is 36.2 Å². The Morgan fingerprint density at radius 1 is 0.971 bits per heavy atom. The molecule has 2 aliphatic rings. The molecule has 34 heavy (non-hydrogen) atoms. The predicted octanol–water partition coefficient (Wildman–Crippen LogP) is 3.32. The van der Waals surface area contributed by atoms with E-state index in [4.69, 9.17) is 4.74 Å². The largest absolute Gasteiger partial charge is 0.378 e. The molecule has 6 rings (SSSR count). The van der Waals surface area contributed by atoms with Gasteiger partial charge in [0, 0.05) is 61.3 Å². The highest BCUT2D eigenvalue weighted by atomic mass is 16.5. The molecule has 172 valence electrons. The number of carbonyl (C=O) groups is 1. The van der Waals surface area contributed by atoms with Gasteiger partial charge in [0.1, 0.15) is 5.82 Å². The number of nitrogens with zero attached hydrogens (tertiary/aromatic N) is 5. The first kappa shape index (κ1) is 20.6. The first-order valence-electron chi connectivity index (χ1n) is 11.5. The van der Waals surface area contributed by atoms with Crippen LogP contribution in [0.5, 0.6) is 0 Å². The number of aromatic nitrogens is 4. The fourth-order valence-electron chi connectivity index (χ4n) is 4.35. The van der Waals surface area contributed by atoms with Gasteiger partial charge in [-0.2, -0.15) is 5.10 Å². The third-order valence-corrected chi connectivity index (χ3v) is 6.39. The molecule has 0 unspecified atom stereocenters. The van der Waals surface area contributed by atoms with Crippen molar-refractivity contribution < 1.29 is 9.53 Å². The molecule has 4 aromatic rings. The number of fused-ring (bicyclic) bond motifs is 1. The van der Waals surface area contributed by atoms with Crippen molar-refractivity contribution in [3.8, 4) is 11.1 Å². The van der Waals surface area contributed by atoms with Crippen molar-refractivity contribution >= 4 is 34.0 Å². The quantitative estimate of drug-likeness (QED) is 0.476. The van der Waals surface area contributed by atoms with Crippen LogP contribution in [0.4, 0.5) is 17.2 Å². The summed E-state index contributed by atoms with van der Waals surface area (Å²) in [6.07, 6.45) is 6.62. The monoisotopic (exact) mass is 455 g/mol. The highest BCUT2D eigenvalue weighted by molar-refractivity contribution is 6.11. The number of anilines is 3. The van der Waals surface area contributed by atoms with Crippen LogP contribution >= 0.6 is 0 Å². The van der Waals surface area contributed by atoms with Crippen LogP contribution < -0.4 is 15.1 Å². The minimum absolute atomic E-state index is 0.260. The minimum Gasteiger partial charge on any atom is -0.378 e. The van der Waals surface area contributed by atoms with Gasteiger partial charge in [-0.1, -0.05) is 6.07 Å². The molecule has 0 saturated carbocycles. The van der Waals surface area contributed by atoms with Gasteiger partial charge in [0.15, 0.2) is 5.69 Å². The number of ether oxygens (including phenoxy) is 1. The molecule has 2 fully saturated rings. The Labute approximate surface area is 196 Å². The molecule has 2 aliphatic heterocycles. The van der Waals surface area contributed by atoms with E-state index in [0.29, 0.717) is 11.4 Å². The van der Waals surface area contributed by atoms with Gasteiger partial charge >= 0.3 is 0 Å². The fraction of sp³-hybridized carbons (Fsp3) is 0.280. The number of carbonyl (C=O) groups excluding carboxylic acids is 1. The number of nitrogens with one attached hydrogen (secondary N) is 2. The smallest absolute Gasteiger partial charge is 0.276 e. The minimum atomic E-state index is -0.260. The van der Waals surface area contributed by atoms with Crippen molar-refractivity contribution in [1.29, 1.82) is 0 Å². The van der Waals surface area contributed by atoms with Crippen LogP contribution in [0.25, 0.3) is 22.0 Å². The topological polar surface area (TPSA) is 99.3 Å². The lowest BCUT2D eigenvalue weighted by Crippen LogP contribution is -2.37. The van der Waals surface area contributed by atoms with Gasteiger partial charge in [-0.25, -0.2) is 4.98 Å². The highest BCUT2D eigenvalue weighted by Crippen LogP contribution is 2.28. The maximum Gasteiger partial charge on any atom is 0.276 e. The molecule has 5 heterocycles. The van der Waals surface area contributed by atoms with Crippen LogP contribution in [-0.4, -0.2) is 65.5 Å². The van der Waals surface area contributed by atoms with Gasteiger partial charge in [-0.3, -0.25) is 14.9 Å². The van der Waals surface area contributed by atoms with E-state index in [-0.39, 0.29) is 5.91 Å². The molecule has 9 heteroatoms. The van der Waals surface area contributed by atoms with Gasteiger partial charge < -0.3 is 19.9 Å². The predicted molar refractivity (Wildman–Crippen MR) is 131 cm³/mol. The van der Waals surface area contributed by atoms with Crippen LogP contribution in [0, 0.1) is 0 Å². The molecule has 1 amide bonds. The Morgan fingerprint density at radius 2 is 1.85 bits per heavy atom. The number of hydrogen-bond acceptors (Lipinski definition) is 7. The summed E-state index contributed by atoms with van der Waals surface area (Å²) in [6, 6.07) is 11.8. The van der Waals surface area contributed by atoms with Crippen LogP contribution in [0.3, 0.4) is 0 Å². The number of hydrogen-bond donors (Lipinski definition) is 2. The second-order valence-electron chi connectivity index (χ2n) is 8.56. The van der Waals surface area contributed by atoms with E-state index < -0.39 is 0 Å². The van der Waals surface area contributed by atoms with E-state index in [1.165, 1.54) is 6.42 Å². The van der Waals surface area contributed by atoms with Crippen LogP contribution in [0.1, 0.15) is 16.9 Å². The first-order chi connectivity index (χ1) is 16.7. The van der Waals surface area contributed by atoms with E-state index >= 15 is 0 Å².